The van der Waals surface area contributed by atoms with Gasteiger partial charge in [0.15, 0.2) is 5.17 Å². The molecule has 0 radical (unpaired) electrons. The number of carbonyl (C=O) groups is 2. The molecule has 1 saturated heterocycles. The van der Waals surface area contributed by atoms with E-state index in [1.807, 2.05) is 61.7 Å². The lowest BCUT2D eigenvalue weighted by Crippen LogP contribution is -2.45. The van der Waals surface area contributed by atoms with Gasteiger partial charge in [-0.15, -0.1) is 0 Å². The molecule has 3 heterocycles. The number of methoxy groups -OCH3 is 1. The predicted molar refractivity (Wildman–Crippen MR) is 148 cm³/mol. The molecule has 0 bridgehead atoms. The third kappa shape index (κ3) is 4.74. The summed E-state index contributed by atoms with van der Waals surface area (Å²) in [6, 6.07) is 15.0. The van der Waals surface area contributed by atoms with E-state index in [1.54, 1.807) is 16.5 Å². The summed E-state index contributed by atoms with van der Waals surface area (Å²) in [6.07, 6.45) is 3.18. The quantitative estimate of drug-likeness (QED) is 0.377. The van der Waals surface area contributed by atoms with E-state index >= 15 is 0 Å². The molecule has 0 spiro atoms. The first kappa shape index (κ1) is 25.8. The summed E-state index contributed by atoms with van der Waals surface area (Å²) in [5.41, 5.74) is 4.96. The van der Waals surface area contributed by atoms with Crippen molar-refractivity contribution >= 4 is 28.8 Å². The lowest BCUT2D eigenvalue weighted by molar-refractivity contribution is -0.137. The smallest absolute Gasteiger partial charge is 0.338 e. The van der Waals surface area contributed by atoms with Gasteiger partial charge in [0.1, 0.15) is 11.8 Å². The number of amides is 1. The van der Waals surface area contributed by atoms with Crippen LogP contribution in [-0.4, -0.2) is 51.2 Å². The van der Waals surface area contributed by atoms with Crippen LogP contribution in [0.3, 0.4) is 0 Å². The maximum Gasteiger partial charge on any atom is 0.338 e. The molecule has 2 aliphatic rings. The van der Waals surface area contributed by atoms with Gasteiger partial charge >= 0.3 is 5.97 Å². The van der Waals surface area contributed by atoms with Gasteiger partial charge < -0.3 is 9.47 Å². The van der Waals surface area contributed by atoms with E-state index in [1.165, 1.54) is 18.9 Å². The van der Waals surface area contributed by atoms with Crippen LogP contribution in [0.15, 0.2) is 71.0 Å². The largest absolute Gasteiger partial charge is 0.493 e. The van der Waals surface area contributed by atoms with Crippen LogP contribution in [-0.2, 0) is 14.3 Å². The second-order valence-electron chi connectivity index (χ2n) is 9.19. The van der Waals surface area contributed by atoms with E-state index in [-0.39, 0.29) is 5.91 Å². The van der Waals surface area contributed by atoms with Crippen molar-refractivity contribution < 1.29 is 19.1 Å². The second-order valence-corrected chi connectivity index (χ2v) is 10.3. The predicted octanol–water partition coefficient (Wildman–Crippen LogP) is 5.46. The molecule has 196 valence electrons. The van der Waals surface area contributed by atoms with E-state index in [0.29, 0.717) is 40.9 Å². The SMILES string of the molecule is CCCOc1ccc(-c2nn(-c3ccccc3)cc2[C@H]2C(C(=O)OC)=C(C)N=C3SCCC(=O)N32)cc1C. The molecule has 9 heteroatoms. The number of ether oxygens (including phenoxy) is 2. The molecule has 2 aliphatic heterocycles. The molecule has 0 unspecified atom stereocenters. The van der Waals surface area contributed by atoms with Crippen LogP contribution >= 0.6 is 11.8 Å². The van der Waals surface area contributed by atoms with E-state index in [9.17, 15) is 9.59 Å². The number of allylic oxidation sites excluding steroid dienone is 1. The standard InChI is InChI=1S/C29H30N4O4S/c1-5-14-37-23-12-11-20(16-18(23)2)26-22(17-32(31-26)21-9-7-6-8-10-21)27-25(28(35)36-4)19(3)30-29-33(27)24(34)13-15-38-29/h6-12,16-17,27H,5,13-15H2,1-4H3/t27-/m0/s1. The Morgan fingerprint density at radius 1 is 1.16 bits per heavy atom. The lowest BCUT2D eigenvalue weighted by atomic mass is 9.92. The number of thioether (sulfide) groups is 1. The second kappa shape index (κ2) is 10.9. The van der Waals surface area contributed by atoms with Gasteiger partial charge in [-0.05, 0) is 56.2 Å². The van der Waals surface area contributed by atoms with Gasteiger partial charge in [0.25, 0.3) is 0 Å². The number of para-hydroxylation sites is 1. The zero-order valence-electron chi connectivity index (χ0n) is 21.9. The maximum atomic E-state index is 13.3. The van der Waals surface area contributed by atoms with Crippen LogP contribution in [0.5, 0.6) is 5.75 Å². The Labute approximate surface area is 226 Å². The topological polar surface area (TPSA) is 86.0 Å². The number of aliphatic imine (C=N–C) groups is 1. The molecule has 0 N–H and O–H groups in total. The van der Waals surface area contributed by atoms with Crippen molar-refractivity contribution in [3.63, 3.8) is 0 Å². The normalized spacial score (nSPS) is 17.3. The Balaban J connectivity index is 1.72. The molecule has 1 amide bonds. The summed E-state index contributed by atoms with van der Waals surface area (Å²) < 4.78 is 12.9. The molecule has 2 aromatic carbocycles. The van der Waals surface area contributed by atoms with Crippen LogP contribution < -0.4 is 4.74 Å². The van der Waals surface area contributed by atoms with Crippen LogP contribution in [0.25, 0.3) is 16.9 Å². The lowest BCUT2D eigenvalue weighted by Gasteiger charge is -2.38. The van der Waals surface area contributed by atoms with Gasteiger partial charge in [0.2, 0.25) is 5.91 Å². The summed E-state index contributed by atoms with van der Waals surface area (Å²) in [7, 11) is 1.35. The number of esters is 1. The average Bonchev–Trinajstić information content (AvgIpc) is 3.37. The van der Waals surface area contributed by atoms with Gasteiger partial charge in [-0.25, -0.2) is 14.5 Å². The molecular weight excluding hydrogens is 500 g/mol. The first-order valence-corrected chi connectivity index (χ1v) is 13.6. The first-order valence-electron chi connectivity index (χ1n) is 12.6. The highest BCUT2D eigenvalue weighted by molar-refractivity contribution is 8.14. The number of benzene rings is 2. The van der Waals surface area contributed by atoms with Crippen LogP contribution in [0.2, 0.25) is 0 Å². The number of aryl methyl sites for hydroxylation is 1. The number of carbonyl (C=O) groups excluding carboxylic acids is 2. The molecule has 0 aliphatic carbocycles. The molecule has 8 nitrogen and oxygen atoms in total. The number of aromatic nitrogens is 2. The van der Waals surface area contributed by atoms with E-state index < -0.39 is 12.0 Å². The van der Waals surface area contributed by atoms with Crippen LogP contribution in [0, 0.1) is 6.92 Å². The number of hydrogen-bond donors (Lipinski definition) is 0. The van der Waals surface area contributed by atoms with Gasteiger partial charge in [-0.1, -0.05) is 36.9 Å². The zero-order chi connectivity index (χ0) is 26.8. The Bertz CT molecular complexity index is 1440. The number of hydrogen-bond acceptors (Lipinski definition) is 7. The molecule has 1 atom stereocenters. The summed E-state index contributed by atoms with van der Waals surface area (Å²) >= 11 is 1.52. The molecule has 3 aromatic rings. The number of nitrogens with zero attached hydrogens (tertiary/aromatic N) is 4. The molecular formula is C29H30N4O4S. The Morgan fingerprint density at radius 2 is 1.95 bits per heavy atom. The van der Waals surface area contributed by atoms with Crippen molar-refractivity contribution in [3.8, 4) is 22.7 Å². The van der Waals surface area contributed by atoms with Crippen molar-refractivity contribution in [3.05, 3.63) is 77.1 Å². The van der Waals surface area contributed by atoms with Crippen LogP contribution in [0.4, 0.5) is 0 Å². The van der Waals surface area contributed by atoms with Crippen molar-refractivity contribution in [1.82, 2.24) is 14.7 Å². The van der Waals surface area contributed by atoms with Gasteiger partial charge in [0, 0.05) is 29.5 Å². The van der Waals surface area contributed by atoms with E-state index in [2.05, 4.69) is 11.9 Å². The molecule has 5 rings (SSSR count). The molecule has 38 heavy (non-hydrogen) atoms. The number of amidine groups is 1. The molecule has 1 fully saturated rings. The van der Waals surface area contributed by atoms with Gasteiger partial charge in [-0.3, -0.25) is 9.69 Å². The zero-order valence-corrected chi connectivity index (χ0v) is 22.7. The van der Waals surface area contributed by atoms with Crippen molar-refractivity contribution in [2.24, 2.45) is 4.99 Å². The van der Waals surface area contributed by atoms with E-state index in [0.717, 1.165) is 34.5 Å². The first-order chi connectivity index (χ1) is 18.4. The third-order valence-corrected chi connectivity index (χ3v) is 7.53. The Morgan fingerprint density at radius 3 is 2.66 bits per heavy atom. The minimum absolute atomic E-state index is 0.0840. The monoisotopic (exact) mass is 530 g/mol. The average molecular weight is 531 g/mol. The van der Waals surface area contributed by atoms with Crippen molar-refractivity contribution in [2.45, 2.75) is 39.7 Å². The van der Waals surface area contributed by atoms with E-state index in [4.69, 9.17) is 14.6 Å². The highest BCUT2D eigenvalue weighted by atomic mass is 32.2. The van der Waals surface area contributed by atoms with Gasteiger partial charge in [-0.2, -0.15) is 5.10 Å². The number of fused-ring (bicyclic) bond motifs is 1. The fourth-order valence-electron chi connectivity index (χ4n) is 4.76. The van der Waals surface area contributed by atoms with Crippen LogP contribution in [0.1, 0.15) is 43.9 Å². The minimum Gasteiger partial charge on any atom is -0.493 e. The third-order valence-electron chi connectivity index (χ3n) is 6.58. The Kier molecular flexibility index (Phi) is 7.37. The summed E-state index contributed by atoms with van der Waals surface area (Å²) in [5.74, 6) is 0.868. The Hall–Kier alpha value is -3.85. The maximum absolute atomic E-state index is 13.3. The molecule has 0 saturated carbocycles. The summed E-state index contributed by atoms with van der Waals surface area (Å²) in [6.45, 7) is 6.50. The van der Waals surface area contributed by atoms with Crippen molar-refractivity contribution in [2.75, 3.05) is 19.5 Å². The number of rotatable bonds is 7. The minimum atomic E-state index is -0.723. The highest BCUT2D eigenvalue weighted by Gasteiger charge is 2.43. The van der Waals surface area contributed by atoms with Gasteiger partial charge in [0.05, 0.1) is 36.4 Å². The van der Waals surface area contributed by atoms with Crippen molar-refractivity contribution in [1.29, 1.82) is 0 Å². The fraction of sp³-hybridized carbons (Fsp3) is 0.310. The summed E-state index contributed by atoms with van der Waals surface area (Å²) in [4.78, 5) is 32.7. The fourth-order valence-corrected chi connectivity index (χ4v) is 5.76. The highest BCUT2D eigenvalue weighted by Crippen LogP contribution is 2.44. The molecule has 1 aromatic heterocycles. The summed E-state index contributed by atoms with van der Waals surface area (Å²) in [5, 5.41) is 5.57.